The molecule has 0 unspecified atom stereocenters. The minimum atomic E-state index is -0.0224. The lowest BCUT2D eigenvalue weighted by Crippen LogP contribution is -2.31. The third-order valence-corrected chi connectivity index (χ3v) is 4.36. The van der Waals surface area contributed by atoms with E-state index in [9.17, 15) is 4.79 Å². The number of aromatic nitrogens is 1. The molecule has 0 fully saturated rings. The summed E-state index contributed by atoms with van der Waals surface area (Å²) in [6, 6.07) is 16.2. The van der Waals surface area contributed by atoms with Crippen LogP contribution in [0.4, 0.5) is 0 Å². The molecule has 1 amide bonds. The van der Waals surface area contributed by atoms with Crippen LogP contribution in [-0.2, 0) is 13.1 Å². The highest BCUT2D eigenvalue weighted by Gasteiger charge is 2.06. The average Bonchev–Trinajstić information content (AvgIpc) is 3.11. The zero-order valence-corrected chi connectivity index (χ0v) is 15.4. The highest BCUT2D eigenvalue weighted by molar-refractivity contribution is 5.94. The van der Waals surface area contributed by atoms with Crippen LogP contribution in [0.3, 0.4) is 0 Å². The van der Waals surface area contributed by atoms with Crippen LogP contribution < -0.4 is 10.6 Å². The van der Waals surface area contributed by atoms with Crippen molar-refractivity contribution in [3.05, 3.63) is 71.4 Å². The van der Waals surface area contributed by atoms with E-state index in [4.69, 9.17) is 0 Å². The number of H-pyrrole nitrogens is 1. The minimum Gasteiger partial charge on any atom is -0.361 e. The van der Waals surface area contributed by atoms with Gasteiger partial charge < -0.3 is 20.5 Å². The monoisotopic (exact) mass is 350 g/mol. The van der Waals surface area contributed by atoms with E-state index in [1.54, 1.807) is 0 Å². The lowest BCUT2D eigenvalue weighted by atomic mass is 10.1. The number of likely N-dealkylation sites (N-methyl/N-ethyl adjacent to an activating group) is 1. The maximum atomic E-state index is 12.2. The van der Waals surface area contributed by atoms with Crippen molar-refractivity contribution in [2.24, 2.45) is 0 Å². The van der Waals surface area contributed by atoms with Gasteiger partial charge in [0.2, 0.25) is 0 Å². The molecule has 0 atom stereocenters. The highest BCUT2D eigenvalue weighted by atomic mass is 16.1. The van der Waals surface area contributed by atoms with Gasteiger partial charge in [0.1, 0.15) is 0 Å². The standard InChI is InChI=1S/C21H26N4O/c1-25(2)12-11-24-21(26)17-6-3-5-16(13-17)14-22-15-18-7-4-8-20-19(18)9-10-23-20/h3-10,13,22-23H,11-12,14-15H2,1-2H3,(H,24,26). The second kappa shape index (κ2) is 8.65. The Bertz CT molecular complexity index is 869. The molecular weight excluding hydrogens is 324 g/mol. The van der Waals surface area contributed by atoms with Crippen LogP contribution >= 0.6 is 0 Å². The van der Waals surface area contributed by atoms with Gasteiger partial charge in [-0.25, -0.2) is 0 Å². The zero-order valence-electron chi connectivity index (χ0n) is 15.4. The molecule has 0 bridgehead atoms. The topological polar surface area (TPSA) is 60.2 Å². The lowest BCUT2D eigenvalue weighted by Gasteiger charge is -2.11. The van der Waals surface area contributed by atoms with Gasteiger partial charge in [0.05, 0.1) is 0 Å². The molecule has 0 aliphatic heterocycles. The summed E-state index contributed by atoms with van der Waals surface area (Å²) in [5, 5.41) is 7.67. The molecule has 5 nitrogen and oxygen atoms in total. The maximum absolute atomic E-state index is 12.2. The number of benzene rings is 2. The van der Waals surface area contributed by atoms with Crippen molar-refractivity contribution in [2.45, 2.75) is 13.1 Å². The highest BCUT2D eigenvalue weighted by Crippen LogP contribution is 2.17. The van der Waals surface area contributed by atoms with Gasteiger partial charge in [-0.15, -0.1) is 0 Å². The molecule has 0 radical (unpaired) electrons. The quantitative estimate of drug-likeness (QED) is 0.585. The van der Waals surface area contributed by atoms with Crippen LogP contribution in [0.1, 0.15) is 21.5 Å². The number of carbonyl (C=O) groups excluding carboxylic acids is 1. The van der Waals surface area contributed by atoms with Gasteiger partial charge >= 0.3 is 0 Å². The molecule has 0 aliphatic rings. The Morgan fingerprint density at radius 1 is 1.08 bits per heavy atom. The third-order valence-electron chi connectivity index (χ3n) is 4.36. The van der Waals surface area contributed by atoms with Gasteiger partial charge in [-0.2, -0.15) is 0 Å². The number of rotatable bonds is 8. The molecule has 1 aromatic heterocycles. The van der Waals surface area contributed by atoms with Gasteiger partial charge in [0.25, 0.3) is 5.91 Å². The fourth-order valence-corrected chi connectivity index (χ4v) is 2.96. The van der Waals surface area contributed by atoms with Gasteiger partial charge in [-0.1, -0.05) is 24.3 Å². The number of hydrogen-bond donors (Lipinski definition) is 3. The van der Waals surface area contributed by atoms with Gasteiger partial charge in [-0.3, -0.25) is 4.79 Å². The maximum Gasteiger partial charge on any atom is 0.251 e. The molecule has 3 aromatic rings. The van der Waals surface area contributed by atoms with Gasteiger partial charge in [-0.05, 0) is 49.5 Å². The van der Waals surface area contributed by atoms with Crippen LogP contribution in [0.15, 0.2) is 54.7 Å². The number of carbonyl (C=O) groups is 1. The summed E-state index contributed by atoms with van der Waals surface area (Å²) in [5.41, 5.74) is 4.23. The van der Waals surface area contributed by atoms with E-state index in [0.29, 0.717) is 12.1 Å². The molecule has 3 N–H and O–H groups in total. The Labute approximate surface area is 154 Å². The largest absolute Gasteiger partial charge is 0.361 e. The van der Waals surface area contributed by atoms with Crippen LogP contribution in [0, 0.1) is 0 Å². The molecule has 26 heavy (non-hydrogen) atoms. The Balaban J connectivity index is 1.55. The first-order chi connectivity index (χ1) is 12.6. The van der Waals surface area contributed by atoms with Crippen molar-refractivity contribution >= 4 is 16.8 Å². The van der Waals surface area contributed by atoms with E-state index in [0.717, 1.165) is 30.7 Å². The fraction of sp³-hybridized carbons (Fsp3) is 0.286. The number of nitrogens with zero attached hydrogens (tertiary/aromatic N) is 1. The first-order valence-electron chi connectivity index (χ1n) is 8.91. The zero-order chi connectivity index (χ0) is 18.4. The summed E-state index contributed by atoms with van der Waals surface area (Å²) in [5.74, 6) is -0.0224. The predicted octanol–water partition coefficient (Wildman–Crippen LogP) is 2.75. The van der Waals surface area contributed by atoms with Crippen molar-refractivity contribution in [3.8, 4) is 0 Å². The molecule has 5 heteroatoms. The lowest BCUT2D eigenvalue weighted by molar-refractivity contribution is 0.0951. The molecule has 136 valence electrons. The molecule has 3 rings (SSSR count). The molecule has 0 aliphatic carbocycles. The molecule has 1 heterocycles. The van der Waals surface area contributed by atoms with Crippen LogP contribution in [0.5, 0.6) is 0 Å². The molecule has 0 saturated carbocycles. The molecule has 0 spiro atoms. The fourth-order valence-electron chi connectivity index (χ4n) is 2.96. The van der Waals surface area contributed by atoms with E-state index in [1.165, 1.54) is 10.9 Å². The summed E-state index contributed by atoms with van der Waals surface area (Å²) in [6.45, 7) is 2.99. The van der Waals surface area contributed by atoms with Crippen LogP contribution in [0.25, 0.3) is 10.9 Å². The number of aromatic amines is 1. The van der Waals surface area contributed by atoms with Crippen molar-refractivity contribution < 1.29 is 4.79 Å². The molecular formula is C21H26N4O. The van der Waals surface area contributed by atoms with E-state index in [1.807, 2.05) is 49.5 Å². The Kier molecular flexibility index (Phi) is 6.04. The average molecular weight is 350 g/mol. The van der Waals surface area contributed by atoms with Crippen LogP contribution in [0.2, 0.25) is 0 Å². The second-order valence-electron chi connectivity index (χ2n) is 6.72. The second-order valence-corrected chi connectivity index (χ2v) is 6.72. The van der Waals surface area contributed by atoms with E-state index in [2.05, 4.69) is 39.9 Å². The smallest absolute Gasteiger partial charge is 0.251 e. The number of nitrogens with one attached hydrogen (secondary N) is 3. The van der Waals surface area contributed by atoms with Crippen molar-refractivity contribution in [3.63, 3.8) is 0 Å². The van der Waals surface area contributed by atoms with Crippen molar-refractivity contribution in [1.82, 2.24) is 20.5 Å². The number of amides is 1. The summed E-state index contributed by atoms with van der Waals surface area (Å²) in [7, 11) is 3.98. The summed E-state index contributed by atoms with van der Waals surface area (Å²) in [4.78, 5) is 17.5. The van der Waals surface area contributed by atoms with Crippen LogP contribution in [-0.4, -0.2) is 43.0 Å². The normalized spacial score (nSPS) is 11.2. The predicted molar refractivity (Wildman–Crippen MR) is 106 cm³/mol. The van der Waals surface area contributed by atoms with Crippen molar-refractivity contribution in [1.29, 1.82) is 0 Å². The van der Waals surface area contributed by atoms with Gasteiger partial charge in [0.15, 0.2) is 0 Å². The first kappa shape index (κ1) is 18.2. The number of hydrogen-bond acceptors (Lipinski definition) is 3. The first-order valence-corrected chi connectivity index (χ1v) is 8.91. The van der Waals surface area contributed by atoms with Crippen molar-refractivity contribution in [2.75, 3.05) is 27.2 Å². The molecule has 0 saturated heterocycles. The van der Waals surface area contributed by atoms with E-state index < -0.39 is 0 Å². The Morgan fingerprint density at radius 3 is 2.77 bits per heavy atom. The third kappa shape index (κ3) is 4.71. The Hall–Kier alpha value is -2.63. The SMILES string of the molecule is CN(C)CCNC(=O)c1cccc(CNCc2cccc3[nH]ccc23)c1. The minimum absolute atomic E-state index is 0.0224. The number of fused-ring (bicyclic) bond motifs is 1. The summed E-state index contributed by atoms with van der Waals surface area (Å²) < 4.78 is 0. The summed E-state index contributed by atoms with van der Waals surface area (Å²) >= 11 is 0. The Morgan fingerprint density at radius 2 is 1.92 bits per heavy atom. The summed E-state index contributed by atoms with van der Waals surface area (Å²) in [6.07, 6.45) is 1.96. The molecule has 2 aromatic carbocycles. The van der Waals surface area contributed by atoms with E-state index in [-0.39, 0.29) is 5.91 Å². The van der Waals surface area contributed by atoms with E-state index >= 15 is 0 Å². The van der Waals surface area contributed by atoms with Gasteiger partial charge in [0, 0.05) is 48.8 Å².